The van der Waals surface area contributed by atoms with Crippen LogP contribution in [0.15, 0.2) is 0 Å². The number of nitrogens with one attached hydrogen (secondary N) is 10. The lowest BCUT2D eigenvalue weighted by Crippen LogP contribution is -2.64. The summed E-state index contributed by atoms with van der Waals surface area (Å²) in [4.78, 5) is 123. The van der Waals surface area contributed by atoms with E-state index in [1.807, 2.05) is 6.92 Å². The van der Waals surface area contributed by atoms with E-state index < -0.39 is 146 Å². The van der Waals surface area contributed by atoms with E-state index in [0.29, 0.717) is 64.6 Å². The minimum absolute atomic E-state index is 0.00128. The number of aliphatic hydroxyl groups excluding tert-OH is 9. The fourth-order valence-electron chi connectivity index (χ4n) is 15.4. The topological polar surface area (TPSA) is 602 Å². The molecule has 2 heterocycles. The molecule has 2 aliphatic heterocycles. The van der Waals surface area contributed by atoms with Gasteiger partial charge in [-0.15, -0.1) is 0 Å². The van der Waals surface area contributed by atoms with Crippen molar-refractivity contribution in [1.82, 2.24) is 53.2 Å². The summed E-state index contributed by atoms with van der Waals surface area (Å²) in [5, 5.41) is 118. The zero-order valence-electron chi connectivity index (χ0n) is 82.9. The Bertz CT molecular complexity index is 3120. The normalized spacial score (nSPS) is 22.1. The fraction of sp³-hybridized carbons (Fsp3) is 0.894. The lowest BCUT2D eigenvalue weighted by Gasteiger charge is -2.42. The van der Waals surface area contributed by atoms with E-state index in [1.165, 1.54) is 130 Å². The van der Waals surface area contributed by atoms with Gasteiger partial charge in [0, 0.05) is 78.9 Å². The van der Waals surface area contributed by atoms with Crippen LogP contribution in [0.25, 0.3) is 0 Å². The molecule has 43 heteroatoms. The first-order valence-corrected chi connectivity index (χ1v) is 50.1. The molecule has 0 aromatic rings. The minimum atomic E-state index is -1.45. The molecule has 43 nitrogen and oxygen atoms in total. The number of hydrogen-bond donors (Lipinski definition) is 19. The molecule has 18 atom stereocenters. The molecule has 1 aliphatic carbocycles. The summed E-state index contributed by atoms with van der Waals surface area (Å²) in [6, 6.07) is -4.73. The van der Waals surface area contributed by atoms with Crippen LogP contribution in [0.5, 0.6) is 0 Å². The molecular formula is C94H176N10O33. The van der Waals surface area contributed by atoms with Crippen molar-refractivity contribution in [2.45, 2.75) is 351 Å². The molecule has 0 radical (unpaired) electrons. The number of aliphatic hydroxyl groups is 9. The third-order valence-electron chi connectivity index (χ3n) is 22.9. The van der Waals surface area contributed by atoms with Gasteiger partial charge in [-0.2, -0.15) is 0 Å². The summed E-state index contributed by atoms with van der Waals surface area (Å²) in [5.74, 6) is -3.76. The molecule has 800 valence electrons. The van der Waals surface area contributed by atoms with Crippen molar-refractivity contribution < 1.29 is 160 Å². The van der Waals surface area contributed by atoms with Gasteiger partial charge in [-0.25, -0.2) is 0 Å². The van der Waals surface area contributed by atoms with Gasteiger partial charge < -0.3 is 165 Å². The Labute approximate surface area is 811 Å². The maximum absolute atomic E-state index is 13.6. The summed E-state index contributed by atoms with van der Waals surface area (Å²) in [7, 11) is 0. The van der Waals surface area contributed by atoms with Gasteiger partial charge >= 0.3 is 0 Å². The quantitative estimate of drug-likeness (QED) is 0.0366. The fourth-order valence-corrected chi connectivity index (χ4v) is 15.4. The van der Waals surface area contributed by atoms with Gasteiger partial charge in [0.05, 0.1) is 150 Å². The molecule has 2 saturated heterocycles. The van der Waals surface area contributed by atoms with Crippen molar-refractivity contribution in [3.8, 4) is 0 Å². The van der Waals surface area contributed by atoms with Gasteiger partial charge in [0.2, 0.25) is 59.1 Å². The standard InChI is InChI=1S/C61H111N7O30.C33H65N3O3/c1-38(9-5-7-11-62-47(75)35-91-22-19-85-13-16-88-25-28-94-44-31-42(32-69)53(78)56(81)50(44)65-39(2)72)64-59(84)43(68-49(77)37-93-24-21-87-15-18-90-27-30-96-61-52(67-41(4)74)58(83)55(80)46(34-71)98-61)10-6-8-12-63-48(76)36-92-23-20-86-14-17-89-26-29-95-60-51(66-40(3)73)57(82)54(79)45(33-70)97-60;1-4-6-8-10-12-13-14-15-16-17-18-20-22-27-32(38)34-28-25-23-26-31(36-30(3)37)33(39)35-29-24-21-19-11-9-7-5-2/h38,42-46,50-58,60-61,69-71,78-83H,5-37H2,1-4H3,(H,62,75)(H,63,76)(H,64,84)(H,65,72)(H,66,73)(H,67,74)(H,68,77);31H,4-29H2,1-3H3,(H,34,38)(H,35,39)(H,36,37)/t38-,42-,43+,44-,45-,46-,50+,51-,52-,53+,54+,55+,56-,57-,58-,60-,61-;31-/m10/s1. The van der Waals surface area contributed by atoms with Crippen LogP contribution in [-0.4, -0.2) is 394 Å². The predicted molar refractivity (Wildman–Crippen MR) is 504 cm³/mol. The molecule has 10 amide bonds. The Morgan fingerprint density at radius 2 is 0.642 bits per heavy atom. The Hall–Kier alpha value is -6.22. The Kier molecular flexibility index (Phi) is 77.1. The molecule has 0 spiro atoms. The summed E-state index contributed by atoms with van der Waals surface area (Å²) in [6.07, 6.45) is 18.0. The molecule has 0 bridgehead atoms. The SMILES string of the molecule is CC(=O)N[C@@H]1[C@@H](O)[C@@H](O)[C@@H](CO)C[C@H]1OCCOCCOCCOCC(=O)NCCCC[C@@H](C)NC(=O)[C@H](CCCCNC(=O)COCCOCCOCCO[C@@H]1O[C@H](CO)[C@H](O)[C@H](O)[C@H]1NC(C)=O)NC(=O)COCCOCCOCCO[C@@H]1O[C@H](CO)[C@H](O)[C@H](O)[C@H]1NC(C)=O.CCCCCCCCCCCCCCCC(=O)NCCCC[C@H](NC(C)=O)C(=O)NCCCCCCCCC. The van der Waals surface area contributed by atoms with E-state index in [-0.39, 0.29) is 200 Å². The lowest BCUT2D eigenvalue weighted by molar-refractivity contribution is -0.272. The highest BCUT2D eigenvalue weighted by atomic mass is 16.7. The van der Waals surface area contributed by atoms with Crippen LogP contribution in [0.4, 0.5) is 0 Å². The zero-order valence-corrected chi connectivity index (χ0v) is 82.9. The average molecular weight is 1970 g/mol. The molecular weight excluding hydrogens is 1800 g/mol. The number of carbonyl (C=O) groups is 10. The van der Waals surface area contributed by atoms with Crippen LogP contribution in [-0.2, 0) is 114 Å². The molecule has 0 aromatic carbocycles. The second-order valence-electron chi connectivity index (χ2n) is 35.0. The van der Waals surface area contributed by atoms with Crippen LogP contribution >= 0.6 is 0 Å². The molecule has 0 aromatic heterocycles. The number of rotatable bonds is 84. The minimum Gasteiger partial charge on any atom is -0.396 e. The Balaban J connectivity index is 0.00000136. The van der Waals surface area contributed by atoms with Gasteiger partial charge in [-0.3, -0.25) is 47.9 Å². The third kappa shape index (κ3) is 63.4. The lowest BCUT2D eigenvalue weighted by atomic mass is 9.79. The summed E-state index contributed by atoms with van der Waals surface area (Å²) >= 11 is 0. The molecule has 137 heavy (non-hydrogen) atoms. The van der Waals surface area contributed by atoms with E-state index in [1.54, 1.807) is 0 Å². The number of carbonyl (C=O) groups excluding carboxylic acids is 10. The number of amides is 10. The van der Waals surface area contributed by atoms with Gasteiger partial charge in [0.1, 0.15) is 86.7 Å². The van der Waals surface area contributed by atoms with Crippen molar-refractivity contribution in [2.75, 3.05) is 185 Å². The van der Waals surface area contributed by atoms with Crippen LogP contribution < -0.4 is 53.2 Å². The first-order valence-electron chi connectivity index (χ1n) is 50.1. The molecule has 0 unspecified atom stereocenters. The summed E-state index contributed by atoms with van der Waals surface area (Å²) < 4.78 is 77.4. The summed E-state index contributed by atoms with van der Waals surface area (Å²) in [5.41, 5.74) is 0. The van der Waals surface area contributed by atoms with Crippen molar-refractivity contribution in [1.29, 1.82) is 0 Å². The van der Waals surface area contributed by atoms with Crippen molar-refractivity contribution in [3.63, 3.8) is 0 Å². The second kappa shape index (κ2) is 83.3. The number of hydrogen-bond acceptors (Lipinski definition) is 33. The maximum atomic E-state index is 13.6. The molecule has 3 aliphatic rings. The zero-order chi connectivity index (χ0) is 101. The van der Waals surface area contributed by atoms with Crippen molar-refractivity contribution in [3.05, 3.63) is 0 Å². The predicted octanol–water partition coefficient (Wildman–Crippen LogP) is 0.369. The highest BCUT2D eigenvalue weighted by molar-refractivity contribution is 5.88. The molecule has 3 fully saturated rings. The maximum Gasteiger partial charge on any atom is 0.246 e. The first kappa shape index (κ1) is 127. The van der Waals surface area contributed by atoms with Gasteiger partial charge in [0.25, 0.3) is 0 Å². The third-order valence-corrected chi connectivity index (χ3v) is 22.9. The first-order chi connectivity index (χ1) is 66.1. The smallest absolute Gasteiger partial charge is 0.246 e. The van der Waals surface area contributed by atoms with Gasteiger partial charge in [0.15, 0.2) is 12.6 Å². The Morgan fingerprint density at radius 3 is 1.04 bits per heavy atom. The molecule has 1 saturated carbocycles. The number of unbranched alkanes of at least 4 members (excludes halogenated alkanes) is 21. The van der Waals surface area contributed by atoms with Crippen LogP contribution in [0.1, 0.15) is 248 Å². The van der Waals surface area contributed by atoms with Gasteiger partial charge in [-0.1, -0.05) is 129 Å². The molecule has 3 rings (SSSR count). The van der Waals surface area contributed by atoms with E-state index in [4.69, 9.17) is 66.3 Å². The average Bonchev–Trinajstić information content (AvgIpc) is 0.816. The highest BCUT2D eigenvalue weighted by Gasteiger charge is 2.48. The molecule has 19 N–H and O–H groups in total. The van der Waals surface area contributed by atoms with Crippen molar-refractivity contribution >= 4 is 59.1 Å². The monoisotopic (exact) mass is 1970 g/mol. The second-order valence-corrected chi connectivity index (χ2v) is 35.0. The largest absolute Gasteiger partial charge is 0.396 e. The van der Waals surface area contributed by atoms with Gasteiger partial charge in [-0.05, 0) is 84.0 Å². The van der Waals surface area contributed by atoms with Crippen LogP contribution in [0, 0.1) is 5.92 Å². The van der Waals surface area contributed by atoms with E-state index in [2.05, 4.69) is 67.0 Å². The van der Waals surface area contributed by atoms with E-state index in [9.17, 15) is 93.9 Å². The highest BCUT2D eigenvalue weighted by Crippen LogP contribution is 2.29. The van der Waals surface area contributed by atoms with Crippen LogP contribution in [0.2, 0.25) is 0 Å². The van der Waals surface area contributed by atoms with E-state index in [0.717, 1.165) is 38.5 Å². The Morgan fingerprint density at radius 1 is 0.314 bits per heavy atom. The van der Waals surface area contributed by atoms with Crippen molar-refractivity contribution in [2.24, 2.45) is 5.92 Å². The van der Waals surface area contributed by atoms with Crippen LogP contribution in [0.3, 0.4) is 0 Å². The summed E-state index contributed by atoms with van der Waals surface area (Å²) in [6.45, 7) is 13.6. The van der Waals surface area contributed by atoms with E-state index >= 15 is 0 Å². The number of ether oxygens (including phenoxy) is 14.